The summed E-state index contributed by atoms with van der Waals surface area (Å²) >= 11 is 0. The van der Waals surface area contributed by atoms with Crippen LogP contribution in [0.3, 0.4) is 0 Å². The van der Waals surface area contributed by atoms with Gasteiger partial charge in [-0.25, -0.2) is 0 Å². The third-order valence-electron chi connectivity index (χ3n) is 4.17. The van der Waals surface area contributed by atoms with Crippen LogP contribution in [0, 0.1) is 0 Å². The van der Waals surface area contributed by atoms with Crippen LogP contribution in [-0.4, -0.2) is 37.7 Å². The Kier molecular flexibility index (Phi) is 3.07. The number of nitrogens with one attached hydrogen (secondary N) is 1. The van der Waals surface area contributed by atoms with Crippen molar-refractivity contribution in [1.29, 1.82) is 0 Å². The van der Waals surface area contributed by atoms with Gasteiger partial charge in [0.05, 0.1) is 6.04 Å². The molecule has 0 bridgehead atoms. The van der Waals surface area contributed by atoms with E-state index in [9.17, 15) is 4.79 Å². The van der Waals surface area contributed by atoms with E-state index < -0.39 is 0 Å². The first-order valence-electron chi connectivity index (χ1n) is 7.34. The van der Waals surface area contributed by atoms with Gasteiger partial charge in [0.15, 0.2) is 0 Å². The summed E-state index contributed by atoms with van der Waals surface area (Å²) in [6.45, 7) is 0.780. The molecule has 1 N–H and O–H groups in total. The molecule has 0 saturated carbocycles. The second kappa shape index (κ2) is 5.22. The van der Waals surface area contributed by atoms with Crippen LogP contribution in [0.5, 0.6) is 0 Å². The van der Waals surface area contributed by atoms with Gasteiger partial charge in [-0.3, -0.25) is 9.78 Å². The monoisotopic (exact) mass is 293 g/mol. The van der Waals surface area contributed by atoms with E-state index >= 15 is 0 Å². The van der Waals surface area contributed by atoms with Gasteiger partial charge < -0.3 is 4.90 Å². The van der Waals surface area contributed by atoms with Crippen molar-refractivity contribution in [1.82, 2.24) is 25.3 Å². The number of likely N-dealkylation sites (tertiary alicyclic amines) is 1. The number of fused-ring (bicyclic) bond motifs is 1. The van der Waals surface area contributed by atoms with Crippen LogP contribution >= 0.6 is 0 Å². The number of aromatic amines is 1. The maximum absolute atomic E-state index is 12.8. The molecule has 0 radical (unpaired) electrons. The van der Waals surface area contributed by atoms with Crippen molar-refractivity contribution in [3.63, 3.8) is 0 Å². The largest absolute Gasteiger partial charge is 0.332 e. The number of carbonyl (C=O) groups is 1. The fraction of sp³-hybridized carbons (Fsp3) is 0.250. The lowest BCUT2D eigenvalue weighted by atomic mass is 10.1. The van der Waals surface area contributed by atoms with Crippen molar-refractivity contribution in [2.45, 2.75) is 18.9 Å². The number of aromatic nitrogens is 4. The van der Waals surface area contributed by atoms with Crippen molar-refractivity contribution >= 4 is 16.9 Å². The lowest BCUT2D eigenvalue weighted by molar-refractivity contribution is 0.0735. The van der Waals surface area contributed by atoms with Gasteiger partial charge in [0, 0.05) is 24.5 Å². The molecule has 6 heteroatoms. The van der Waals surface area contributed by atoms with Gasteiger partial charge in [-0.1, -0.05) is 0 Å². The number of amides is 1. The number of hydrogen-bond acceptors (Lipinski definition) is 4. The molecule has 1 fully saturated rings. The first-order chi connectivity index (χ1) is 10.8. The number of carbonyl (C=O) groups excluding carboxylic acids is 1. The van der Waals surface area contributed by atoms with Crippen LogP contribution in [-0.2, 0) is 0 Å². The number of nitrogens with zero attached hydrogens (tertiary/aromatic N) is 4. The zero-order chi connectivity index (χ0) is 14.9. The first kappa shape index (κ1) is 12.9. The van der Waals surface area contributed by atoms with Gasteiger partial charge in [0.1, 0.15) is 11.0 Å². The highest BCUT2D eigenvalue weighted by molar-refractivity contribution is 5.97. The normalized spacial score (nSPS) is 18.0. The van der Waals surface area contributed by atoms with Gasteiger partial charge in [0.2, 0.25) is 0 Å². The predicted molar refractivity (Wildman–Crippen MR) is 81.1 cm³/mol. The fourth-order valence-electron chi connectivity index (χ4n) is 3.08. The number of benzene rings is 1. The van der Waals surface area contributed by atoms with Crippen LogP contribution in [0.25, 0.3) is 11.0 Å². The lowest BCUT2D eigenvalue weighted by Crippen LogP contribution is -2.30. The highest BCUT2D eigenvalue weighted by Crippen LogP contribution is 2.32. The van der Waals surface area contributed by atoms with Crippen LogP contribution in [0.2, 0.25) is 0 Å². The maximum Gasteiger partial charge on any atom is 0.254 e. The summed E-state index contributed by atoms with van der Waals surface area (Å²) in [6, 6.07) is 9.53. The summed E-state index contributed by atoms with van der Waals surface area (Å²) in [5.74, 6) is 0.0456. The van der Waals surface area contributed by atoms with E-state index in [1.807, 2.05) is 29.2 Å². The van der Waals surface area contributed by atoms with E-state index in [1.54, 1.807) is 18.5 Å². The van der Waals surface area contributed by atoms with Gasteiger partial charge in [-0.05, 0) is 48.7 Å². The van der Waals surface area contributed by atoms with Crippen molar-refractivity contribution in [3.8, 4) is 0 Å². The van der Waals surface area contributed by atoms with E-state index in [0.29, 0.717) is 11.1 Å². The zero-order valence-electron chi connectivity index (χ0n) is 11.9. The second-order valence-electron chi connectivity index (χ2n) is 5.46. The highest BCUT2D eigenvalue weighted by atomic mass is 16.2. The van der Waals surface area contributed by atoms with Crippen molar-refractivity contribution < 1.29 is 4.79 Å². The number of H-pyrrole nitrogens is 1. The third-order valence-corrected chi connectivity index (χ3v) is 4.17. The zero-order valence-corrected chi connectivity index (χ0v) is 11.9. The Hall–Kier alpha value is -2.76. The van der Waals surface area contributed by atoms with Gasteiger partial charge in [0.25, 0.3) is 5.91 Å². The third kappa shape index (κ3) is 2.13. The topological polar surface area (TPSA) is 74.8 Å². The molecular weight excluding hydrogens is 278 g/mol. The summed E-state index contributed by atoms with van der Waals surface area (Å²) < 4.78 is 0. The van der Waals surface area contributed by atoms with Crippen LogP contribution < -0.4 is 0 Å². The molecule has 1 saturated heterocycles. The van der Waals surface area contributed by atoms with Crippen LogP contribution in [0.4, 0.5) is 0 Å². The van der Waals surface area contributed by atoms with Crippen molar-refractivity contribution in [2.75, 3.05) is 6.54 Å². The highest BCUT2D eigenvalue weighted by Gasteiger charge is 2.30. The molecule has 2 aromatic heterocycles. The Bertz CT molecular complexity index is 814. The molecule has 22 heavy (non-hydrogen) atoms. The van der Waals surface area contributed by atoms with Gasteiger partial charge in [-0.2, -0.15) is 15.4 Å². The Labute approximate surface area is 127 Å². The average Bonchev–Trinajstić information content (AvgIpc) is 3.23. The average molecular weight is 293 g/mol. The molecule has 3 heterocycles. The molecule has 1 unspecified atom stereocenters. The van der Waals surface area contributed by atoms with E-state index in [2.05, 4.69) is 20.4 Å². The Balaban J connectivity index is 1.66. The Morgan fingerprint density at radius 1 is 1.14 bits per heavy atom. The number of pyridine rings is 1. The summed E-state index contributed by atoms with van der Waals surface area (Å²) in [5, 5.41) is 10.6. The van der Waals surface area contributed by atoms with Crippen LogP contribution in [0.15, 0.2) is 42.7 Å². The minimum atomic E-state index is 0.0456. The molecular formula is C16H15N5O. The second-order valence-corrected chi connectivity index (χ2v) is 5.46. The summed E-state index contributed by atoms with van der Waals surface area (Å²) in [6.07, 6.45) is 5.56. The van der Waals surface area contributed by atoms with E-state index in [-0.39, 0.29) is 11.9 Å². The van der Waals surface area contributed by atoms with Crippen molar-refractivity contribution in [2.24, 2.45) is 0 Å². The molecule has 1 aromatic carbocycles. The number of hydrogen-bond donors (Lipinski definition) is 1. The first-order valence-corrected chi connectivity index (χ1v) is 7.34. The summed E-state index contributed by atoms with van der Waals surface area (Å²) in [7, 11) is 0. The minimum absolute atomic E-state index is 0.0456. The molecule has 1 aliphatic heterocycles. The fourth-order valence-corrected chi connectivity index (χ4v) is 3.08. The lowest BCUT2D eigenvalue weighted by Gasteiger charge is -2.25. The summed E-state index contributed by atoms with van der Waals surface area (Å²) in [4.78, 5) is 18.8. The van der Waals surface area contributed by atoms with Gasteiger partial charge >= 0.3 is 0 Å². The molecule has 6 nitrogen and oxygen atoms in total. The summed E-state index contributed by atoms with van der Waals surface area (Å²) in [5.41, 5.74) is 3.28. The molecule has 1 amide bonds. The van der Waals surface area contributed by atoms with E-state index in [4.69, 9.17) is 0 Å². The molecule has 4 rings (SSSR count). The molecule has 110 valence electrons. The Morgan fingerprint density at radius 2 is 1.95 bits per heavy atom. The molecule has 1 atom stereocenters. The van der Waals surface area contributed by atoms with Crippen molar-refractivity contribution in [3.05, 3.63) is 53.9 Å². The quantitative estimate of drug-likeness (QED) is 0.787. The SMILES string of the molecule is O=C(c1ccc2n[nH]nc2c1)N1CCCC1c1ccncc1. The molecule has 0 aliphatic carbocycles. The molecule has 1 aliphatic rings. The molecule has 3 aromatic rings. The number of rotatable bonds is 2. The predicted octanol–water partition coefficient (Wildman–Crippen LogP) is 2.33. The smallest absolute Gasteiger partial charge is 0.254 e. The standard InChI is InChI=1S/C16H15N5O/c22-16(12-3-4-13-14(10-12)19-20-18-13)21-9-1-2-15(21)11-5-7-17-8-6-11/h3-8,10,15H,1-2,9H2,(H,18,19,20). The minimum Gasteiger partial charge on any atom is -0.332 e. The van der Waals surface area contributed by atoms with E-state index in [1.165, 1.54) is 0 Å². The van der Waals surface area contributed by atoms with Gasteiger partial charge in [-0.15, -0.1) is 0 Å². The maximum atomic E-state index is 12.8. The van der Waals surface area contributed by atoms with E-state index in [0.717, 1.165) is 30.5 Å². The Morgan fingerprint density at radius 3 is 2.82 bits per heavy atom. The molecule has 0 spiro atoms. The van der Waals surface area contributed by atoms with Crippen LogP contribution in [0.1, 0.15) is 34.8 Å².